The Labute approximate surface area is 177 Å². The van der Waals surface area contributed by atoms with Crippen molar-refractivity contribution in [3.63, 3.8) is 0 Å². The van der Waals surface area contributed by atoms with E-state index in [-0.39, 0.29) is 24.0 Å². The molecule has 2 fully saturated rings. The fourth-order valence-corrected chi connectivity index (χ4v) is 5.29. The number of halogens is 4. The van der Waals surface area contributed by atoms with Gasteiger partial charge in [-0.25, -0.2) is 17.6 Å². The van der Waals surface area contributed by atoms with E-state index in [1.165, 1.54) is 0 Å². The summed E-state index contributed by atoms with van der Waals surface area (Å²) in [4.78, 5) is 0. The maximum absolute atomic E-state index is 14.8. The number of rotatable bonds is 7. The Morgan fingerprint density at radius 3 is 2.20 bits per heavy atom. The van der Waals surface area contributed by atoms with Crippen LogP contribution in [0.25, 0.3) is 5.83 Å². The van der Waals surface area contributed by atoms with E-state index in [1.54, 1.807) is 12.1 Å². The van der Waals surface area contributed by atoms with Crippen molar-refractivity contribution in [1.29, 1.82) is 0 Å². The van der Waals surface area contributed by atoms with Crippen molar-refractivity contribution in [3.8, 4) is 0 Å². The molecule has 1 nitrogen and oxygen atoms in total. The fraction of sp³-hybridized carbons (Fsp3) is 0.680. The Balaban J connectivity index is 1.60. The van der Waals surface area contributed by atoms with Crippen molar-refractivity contribution >= 4 is 5.83 Å². The van der Waals surface area contributed by atoms with E-state index < -0.39 is 29.4 Å². The van der Waals surface area contributed by atoms with Crippen molar-refractivity contribution in [1.82, 2.24) is 0 Å². The molecule has 5 heteroatoms. The van der Waals surface area contributed by atoms with E-state index in [1.807, 2.05) is 19.1 Å². The molecule has 2 saturated carbocycles. The Bertz CT molecular complexity index is 704. The highest BCUT2D eigenvalue weighted by Gasteiger charge is 2.49. The van der Waals surface area contributed by atoms with Crippen LogP contribution < -0.4 is 0 Å². The molecule has 3 rings (SSSR count). The van der Waals surface area contributed by atoms with Gasteiger partial charge in [-0.15, -0.1) is 0 Å². The smallest absolute Gasteiger partial charge is 0.253 e. The van der Waals surface area contributed by atoms with Gasteiger partial charge in [-0.1, -0.05) is 37.6 Å². The summed E-state index contributed by atoms with van der Waals surface area (Å²) in [5.74, 6) is -5.56. The molecule has 2 aliphatic rings. The first-order valence-corrected chi connectivity index (χ1v) is 11.5. The SMILES string of the molecule is CCCc1ccc(/C(F)=C(\F)C2CCC(C3CCC(OCC)CC3(F)F)CC2)cc1. The van der Waals surface area contributed by atoms with Crippen molar-refractivity contribution in [2.45, 2.75) is 83.7 Å². The topological polar surface area (TPSA) is 9.23 Å². The molecule has 2 atom stereocenters. The van der Waals surface area contributed by atoms with E-state index in [9.17, 15) is 17.6 Å². The van der Waals surface area contributed by atoms with Crippen LogP contribution in [0.1, 0.15) is 76.3 Å². The summed E-state index contributed by atoms with van der Waals surface area (Å²) >= 11 is 0. The molecular weight excluding hydrogens is 392 g/mol. The van der Waals surface area contributed by atoms with Gasteiger partial charge in [0, 0.05) is 30.4 Å². The molecule has 1 aromatic carbocycles. The van der Waals surface area contributed by atoms with Crippen LogP contribution in [-0.4, -0.2) is 18.6 Å². The highest BCUT2D eigenvalue weighted by atomic mass is 19.3. The Morgan fingerprint density at radius 2 is 1.63 bits per heavy atom. The monoisotopic (exact) mass is 426 g/mol. The molecule has 1 aromatic rings. The second kappa shape index (κ2) is 10.3. The van der Waals surface area contributed by atoms with E-state index in [0.29, 0.717) is 45.1 Å². The lowest BCUT2D eigenvalue weighted by atomic mass is 9.68. The highest BCUT2D eigenvalue weighted by molar-refractivity contribution is 5.61. The summed E-state index contributed by atoms with van der Waals surface area (Å²) in [5, 5.41) is 0. The van der Waals surface area contributed by atoms with Gasteiger partial charge in [0.1, 0.15) is 5.83 Å². The predicted molar refractivity (Wildman–Crippen MR) is 113 cm³/mol. The lowest BCUT2D eigenvalue weighted by Gasteiger charge is -2.42. The number of alkyl halides is 2. The third-order valence-electron chi connectivity index (χ3n) is 6.90. The van der Waals surface area contributed by atoms with E-state index in [0.717, 1.165) is 18.4 Å². The van der Waals surface area contributed by atoms with Crippen LogP contribution in [-0.2, 0) is 11.2 Å². The fourth-order valence-electron chi connectivity index (χ4n) is 5.29. The van der Waals surface area contributed by atoms with Crippen LogP contribution in [0, 0.1) is 17.8 Å². The molecule has 0 spiro atoms. The van der Waals surface area contributed by atoms with Crippen LogP contribution in [0.5, 0.6) is 0 Å². The number of hydrogen-bond acceptors (Lipinski definition) is 1. The molecule has 0 N–H and O–H groups in total. The minimum absolute atomic E-state index is 0.122. The van der Waals surface area contributed by atoms with Gasteiger partial charge in [-0.2, -0.15) is 0 Å². The molecule has 2 aliphatic carbocycles. The maximum Gasteiger partial charge on any atom is 0.253 e. The van der Waals surface area contributed by atoms with E-state index in [2.05, 4.69) is 6.92 Å². The number of hydrogen-bond donors (Lipinski definition) is 0. The molecule has 0 bridgehead atoms. The summed E-state index contributed by atoms with van der Waals surface area (Å²) in [6.07, 6.45) is 4.35. The third-order valence-corrected chi connectivity index (χ3v) is 6.90. The van der Waals surface area contributed by atoms with Crippen molar-refractivity contribution in [2.75, 3.05) is 6.61 Å². The first-order valence-electron chi connectivity index (χ1n) is 11.5. The minimum Gasteiger partial charge on any atom is -0.378 e. The van der Waals surface area contributed by atoms with Crippen LogP contribution in [0.2, 0.25) is 0 Å². The van der Waals surface area contributed by atoms with Crippen LogP contribution in [0.15, 0.2) is 30.1 Å². The number of ether oxygens (including phenoxy) is 1. The van der Waals surface area contributed by atoms with Gasteiger partial charge in [0.15, 0.2) is 5.83 Å². The Kier molecular flexibility index (Phi) is 8.00. The Hall–Kier alpha value is -1.36. The van der Waals surface area contributed by atoms with Crippen molar-refractivity contribution < 1.29 is 22.3 Å². The number of allylic oxidation sites excluding steroid dienone is 1. The quantitative estimate of drug-likeness (QED) is 0.403. The summed E-state index contributed by atoms with van der Waals surface area (Å²) < 4.78 is 64.3. The standard InChI is InChI=1S/C25H34F4O/c1-3-5-17-6-8-19(9-7-17)23(26)24(27)20-12-10-18(11-13-20)22-15-14-21(30-4-2)16-25(22,28)29/h6-9,18,20-22H,3-5,10-16H2,1-2H3/b24-23+. The van der Waals surface area contributed by atoms with Gasteiger partial charge in [-0.3, -0.25) is 0 Å². The molecule has 0 amide bonds. The Morgan fingerprint density at radius 1 is 0.967 bits per heavy atom. The van der Waals surface area contributed by atoms with Gasteiger partial charge in [0.2, 0.25) is 0 Å². The first-order chi connectivity index (χ1) is 14.4. The van der Waals surface area contributed by atoms with E-state index in [4.69, 9.17) is 4.74 Å². The zero-order valence-corrected chi connectivity index (χ0v) is 18.1. The van der Waals surface area contributed by atoms with Gasteiger partial charge >= 0.3 is 0 Å². The first kappa shape index (κ1) is 23.3. The van der Waals surface area contributed by atoms with Gasteiger partial charge in [0.05, 0.1) is 6.10 Å². The second-order valence-corrected chi connectivity index (χ2v) is 8.95. The summed E-state index contributed by atoms with van der Waals surface area (Å²) in [7, 11) is 0. The lowest BCUT2D eigenvalue weighted by molar-refractivity contribution is -0.152. The average Bonchev–Trinajstić information content (AvgIpc) is 2.73. The average molecular weight is 427 g/mol. The molecule has 2 unspecified atom stereocenters. The van der Waals surface area contributed by atoms with Crippen LogP contribution in [0.3, 0.4) is 0 Å². The summed E-state index contributed by atoms with van der Waals surface area (Å²) in [6, 6.07) is 6.93. The predicted octanol–water partition coefficient (Wildman–Crippen LogP) is 7.89. The maximum atomic E-state index is 14.8. The summed E-state index contributed by atoms with van der Waals surface area (Å²) in [5.41, 5.74) is 1.37. The second-order valence-electron chi connectivity index (χ2n) is 8.95. The molecule has 0 aliphatic heterocycles. The van der Waals surface area contributed by atoms with E-state index >= 15 is 0 Å². The normalized spacial score (nSPS) is 30.1. The van der Waals surface area contributed by atoms with Crippen molar-refractivity contribution in [3.05, 3.63) is 41.2 Å². The largest absolute Gasteiger partial charge is 0.378 e. The zero-order valence-electron chi connectivity index (χ0n) is 18.1. The minimum atomic E-state index is -2.74. The van der Waals surface area contributed by atoms with Crippen LogP contribution >= 0.6 is 0 Å². The number of aryl methyl sites for hydroxylation is 1. The van der Waals surface area contributed by atoms with Gasteiger partial charge < -0.3 is 4.74 Å². The lowest BCUT2D eigenvalue weighted by Crippen LogP contribution is -2.43. The molecule has 0 radical (unpaired) electrons. The third kappa shape index (κ3) is 5.46. The highest BCUT2D eigenvalue weighted by Crippen LogP contribution is 2.49. The van der Waals surface area contributed by atoms with Crippen molar-refractivity contribution in [2.24, 2.45) is 17.8 Å². The molecule has 0 heterocycles. The zero-order chi connectivity index (χ0) is 21.7. The molecule has 0 aromatic heterocycles. The molecule has 30 heavy (non-hydrogen) atoms. The van der Waals surface area contributed by atoms with Gasteiger partial charge in [-0.05, 0) is 63.4 Å². The summed E-state index contributed by atoms with van der Waals surface area (Å²) in [6.45, 7) is 4.35. The molecular formula is C25H34F4O. The van der Waals surface area contributed by atoms with Crippen LogP contribution in [0.4, 0.5) is 17.6 Å². The molecule has 0 saturated heterocycles. The molecule has 168 valence electrons. The van der Waals surface area contributed by atoms with Gasteiger partial charge in [0.25, 0.3) is 5.92 Å². The number of benzene rings is 1.